The van der Waals surface area contributed by atoms with Crippen LogP contribution >= 0.6 is 0 Å². The van der Waals surface area contributed by atoms with E-state index in [1.54, 1.807) is 0 Å². The van der Waals surface area contributed by atoms with Gasteiger partial charge in [0.25, 0.3) is 0 Å². The van der Waals surface area contributed by atoms with E-state index >= 15 is 0 Å². The van der Waals surface area contributed by atoms with E-state index < -0.39 is 0 Å². The minimum atomic E-state index is 0.344. The molecule has 33 heavy (non-hydrogen) atoms. The fourth-order valence-electron chi connectivity index (χ4n) is 8.80. The molecule has 2 N–H and O–H groups in total. The predicted octanol–water partition coefficient (Wildman–Crippen LogP) is 9.59. The Morgan fingerprint density at radius 2 is 1.39 bits per heavy atom. The molecule has 2 rings (SSSR count). The molecule has 0 aliphatic heterocycles. The molecule has 10 atom stereocenters. The van der Waals surface area contributed by atoms with Crippen molar-refractivity contribution in [2.24, 2.45) is 70.8 Å². The Kier molecular flexibility index (Phi) is 12.3. The standard InChI is InChI=1S/C32H63N/c1-10-13-26(27-15-16-28(19-27)30(14-11-2)22(6)7)17-23(8)31-20-29(21(4)5)18-25(12-3)32(31)24(9)33/h21-32H,10-20,33H2,1-9H3. The molecule has 0 amide bonds. The van der Waals surface area contributed by atoms with E-state index in [0.29, 0.717) is 6.04 Å². The molecular weight excluding hydrogens is 398 g/mol. The Hall–Kier alpha value is -0.0400. The van der Waals surface area contributed by atoms with Crippen molar-refractivity contribution in [3.8, 4) is 0 Å². The van der Waals surface area contributed by atoms with Gasteiger partial charge in [-0.3, -0.25) is 0 Å². The second kappa shape index (κ2) is 13.9. The molecule has 0 heterocycles. The summed E-state index contributed by atoms with van der Waals surface area (Å²) in [6.07, 6.45) is 15.7. The highest BCUT2D eigenvalue weighted by Crippen LogP contribution is 2.50. The zero-order valence-corrected chi connectivity index (χ0v) is 24.3. The van der Waals surface area contributed by atoms with Crippen molar-refractivity contribution in [1.29, 1.82) is 0 Å². The number of nitrogens with two attached hydrogens (primary N) is 1. The van der Waals surface area contributed by atoms with Gasteiger partial charge in [0.15, 0.2) is 0 Å². The van der Waals surface area contributed by atoms with Crippen molar-refractivity contribution in [2.75, 3.05) is 0 Å². The minimum Gasteiger partial charge on any atom is -0.328 e. The Balaban J connectivity index is 2.13. The van der Waals surface area contributed by atoms with Gasteiger partial charge in [-0.2, -0.15) is 0 Å². The lowest BCUT2D eigenvalue weighted by Crippen LogP contribution is -2.46. The Morgan fingerprint density at radius 3 is 1.91 bits per heavy atom. The lowest BCUT2D eigenvalue weighted by atomic mass is 9.58. The molecule has 196 valence electrons. The van der Waals surface area contributed by atoms with Crippen LogP contribution in [0, 0.1) is 65.1 Å². The molecule has 2 aliphatic rings. The lowest BCUT2D eigenvalue weighted by molar-refractivity contribution is 0.0247. The summed E-state index contributed by atoms with van der Waals surface area (Å²) in [5, 5.41) is 0. The summed E-state index contributed by atoms with van der Waals surface area (Å²) in [5.74, 6) is 9.66. The first-order valence-corrected chi connectivity index (χ1v) is 15.4. The van der Waals surface area contributed by atoms with Crippen molar-refractivity contribution in [3.63, 3.8) is 0 Å². The van der Waals surface area contributed by atoms with Gasteiger partial charge in [0, 0.05) is 6.04 Å². The van der Waals surface area contributed by atoms with Crippen LogP contribution in [-0.2, 0) is 0 Å². The summed E-state index contributed by atoms with van der Waals surface area (Å²) in [5.41, 5.74) is 6.70. The average Bonchev–Trinajstić information content (AvgIpc) is 3.25. The van der Waals surface area contributed by atoms with E-state index in [1.807, 2.05) is 0 Å². The molecule has 0 aromatic heterocycles. The molecule has 10 unspecified atom stereocenters. The molecule has 0 spiro atoms. The fourth-order valence-corrected chi connectivity index (χ4v) is 8.80. The highest BCUT2D eigenvalue weighted by atomic mass is 14.7. The molecule has 0 radical (unpaired) electrons. The van der Waals surface area contributed by atoms with E-state index in [2.05, 4.69) is 62.3 Å². The van der Waals surface area contributed by atoms with E-state index in [9.17, 15) is 0 Å². The molecule has 2 fully saturated rings. The SMILES string of the molecule is CCCC(CC(C)C1CC(C(C)C)CC(CC)C1C(C)N)C1CCC(C(CCC)C(C)C)C1. The van der Waals surface area contributed by atoms with E-state index in [-0.39, 0.29) is 0 Å². The summed E-state index contributed by atoms with van der Waals surface area (Å²) in [6.45, 7) is 22.0. The number of rotatable bonds is 13. The summed E-state index contributed by atoms with van der Waals surface area (Å²) < 4.78 is 0. The molecule has 0 bridgehead atoms. The van der Waals surface area contributed by atoms with Crippen LogP contribution in [0.1, 0.15) is 133 Å². The maximum Gasteiger partial charge on any atom is 0.00441 e. The number of hydrogen-bond acceptors (Lipinski definition) is 1. The Morgan fingerprint density at radius 1 is 0.758 bits per heavy atom. The van der Waals surface area contributed by atoms with Gasteiger partial charge < -0.3 is 5.73 Å². The highest BCUT2D eigenvalue weighted by molar-refractivity contribution is 4.94. The van der Waals surface area contributed by atoms with Gasteiger partial charge in [-0.1, -0.05) is 87.5 Å². The van der Waals surface area contributed by atoms with Gasteiger partial charge in [0.2, 0.25) is 0 Å². The van der Waals surface area contributed by atoms with Crippen LogP contribution in [0.2, 0.25) is 0 Å². The first-order chi connectivity index (χ1) is 15.6. The van der Waals surface area contributed by atoms with Crippen molar-refractivity contribution in [1.82, 2.24) is 0 Å². The first kappa shape index (κ1) is 29.2. The summed E-state index contributed by atoms with van der Waals surface area (Å²) in [7, 11) is 0. The fraction of sp³-hybridized carbons (Fsp3) is 1.00. The predicted molar refractivity (Wildman–Crippen MR) is 148 cm³/mol. The van der Waals surface area contributed by atoms with Crippen molar-refractivity contribution in [2.45, 2.75) is 139 Å². The second-order valence-electron chi connectivity index (χ2n) is 13.5. The van der Waals surface area contributed by atoms with Gasteiger partial charge in [0.05, 0.1) is 0 Å². The smallest absolute Gasteiger partial charge is 0.00441 e. The third-order valence-electron chi connectivity index (χ3n) is 10.6. The molecule has 0 aromatic rings. The van der Waals surface area contributed by atoms with Crippen LogP contribution < -0.4 is 5.73 Å². The second-order valence-corrected chi connectivity index (χ2v) is 13.5. The van der Waals surface area contributed by atoms with Crippen LogP contribution in [0.5, 0.6) is 0 Å². The quantitative estimate of drug-likeness (QED) is 0.290. The third-order valence-corrected chi connectivity index (χ3v) is 10.6. The van der Waals surface area contributed by atoms with Crippen LogP contribution in [0.3, 0.4) is 0 Å². The van der Waals surface area contributed by atoms with E-state index in [0.717, 1.165) is 65.1 Å². The van der Waals surface area contributed by atoms with Crippen LogP contribution in [0.4, 0.5) is 0 Å². The van der Waals surface area contributed by atoms with Gasteiger partial charge >= 0.3 is 0 Å². The Bertz CT molecular complexity index is 523. The molecular formula is C32H63N. The normalized spacial score (nSPS) is 34.5. The van der Waals surface area contributed by atoms with Gasteiger partial charge in [-0.05, 0) is 111 Å². The summed E-state index contributed by atoms with van der Waals surface area (Å²) >= 11 is 0. The molecule has 0 saturated heterocycles. The largest absolute Gasteiger partial charge is 0.328 e. The zero-order valence-electron chi connectivity index (χ0n) is 24.3. The maximum atomic E-state index is 6.70. The van der Waals surface area contributed by atoms with Crippen LogP contribution in [-0.4, -0.2) is 6.04 Å². The average molecular weight is 462 g/mol. The molecule has 1 nitrogen and oxygen atoms in total. The molecule has 0 aromatic carbocycles. The lowest BCUT2D eigenvalue weighted by Gasteiger charge is -2.48. The van der Waals surface area contributed by atoms with Crippen molar-refractivity contribution < 1.29 is 0 Å². The van der Waals surface area contributed by atoms with Crippen molar-refractivity contribution in [3.05, 3.63) is 0 Å². The number of hydrogen-bond donors (Lipinski definition) is 1. The molecule has 1 heteroatoms. The van der Waals surface area contributed by atoms with Crippen LogP contribution in [0.25, 0.3) is 0 Å². The zero-order chi connectivity index (χ0) is 24.7. The van der Waals surface area contributed by atoms with Crippen LogP contribution in [0.15, 0.2) is 0 Å². The molecule has 2 saturated carbocycles. The Labute approximate surface area is 209 Å². The van der Waals surface area contributed by atoms with Crippen molar-refractivity contribution >= 4 is 0 Å². The van der Waals surface area contributed by atoms with Gasteiger partial charge in [-0.25, -0.2) is 0 Å². The third kappa shape index (κ3) is 7.72. The monoisotopic (exact) mass is 461 g/mol. The van der Waals surface area contributed by atoms with E-state index in [4.69, 9.17) is 5.73 Å². The summed E-state index contributed by atoms with van der Waals surface area (Å²) in [6, 6.07) is 0.344. The minimum absolute atomic E-state index is 0.344. The maximum absolute atomic E-state index is 6.70. The summed E-state index contributed by atoms with van der Waals surface area (Å²) in [4.78, 5) is 0. The topological polar surface area (TPSA) is 26.0 Å². The molecule has 2 aliphatic carbocycles. The van der Waals surface area contributed by atoms with E-state index in [1.165, 1.54) is 70.6 Å². The van der Waals surface area contributed by atoms with Gasteiger partial charge in [0.1, 0.15) is 0 Å². The first-order valence-electron chi connectivity index (χ1n) is 15.4. The highest BCUT2D eigenvalue weighted by Gasteiger charge is 2.43. The van der Waals surface area contributed by atoms with Gasteiger partial charge in [-0.15, -0.1) is 0 Å².